The van der Waals surface area contributed by atoms with Crippen LogP contribution in [0, 0.1) is 0 Å². The molecule has 148 valence electrons. The summed E-state index contributed by atoms with van der Waals surface area (Å²) >= 11 is 7.55. The van der Waals surface area contributed by atoms with Crippen LogP contribution in [0.1, 0.15) is 5.89 Å². The van der Waals surface area contributed by atoms with Crippen LogP contribution in [0.4, 0.5) is 0 Å². The van der Waals surface area contributed by atoms with E-state index in [1.807, 2.05) is 30.3 Å². The summed E-state index contributed by atoms with van der Waals surface area (Å²) in [6.45, 7) is 0. The summed E-state index contributed by atoms with van der Waals surface area (Å²) in [5, 5.41) is 16.4. The van der Waals surface area contributed by atoms with Crippen molar-refractivity contribution in [2.75, 3.05) is 14.2 Å². The zero-order valence-electron chi connectivity index (χ0n) is 15.5. The van der Waals surface area contributed by atoms with E-state index in [2.05, 4.69) is 25.4 Å². The summed E-state index contributed by atoms with van der Waals surface area (Å²) < 4.78 is 16.3. The van der Waals surface area contributed by atoms with Gasteiger partial charge < -0.3 is 13.9 Å². The highest BCUT2D eigenvalue weighted by Gasteiger charge is 2.14. The molecule has 0 saturated carbocycles. The first-order valence-corrected chi connectivity index (χ1v) is 9.88. The van der Waals surface area contributed by atoms with E-state index in [0.717, 1.165) is 5.56 Å². The number of aromatic amines is 1. The van der Waals surface area contributed by atoms with Gasteiger partial charge in [0.1, 0.15) is 11.5 Å². The van der Waals surface area contributed by atoms with Gasteiger partial charge in [-0.15, -0.1) is 15.3 Å². The Bertz CT molecular complexity index is 1110. The number of H-pyrrole nitrogens is 1. The molecule has 1 N–H and O–H groups in total. The van der Waals surface area contributed by atoms with Gasteiger partial charge in [-0.3, -0.25) is 5.10 Å². The Balaban J connectivity index is 1.46. The van der Waals surface area contributed by atoms with Gasteiger partial charge >= 0.3 is 0 Å². The fourth-order valence-electron chi connectivity index (χ4n) is 2.57. The van der Waals surface area contributed by atoms with Crippen molar-refractivity contribution in [3.05, 3.63) is 53.4 Å². The maximum atomic E-state index is 6.17. The third kappa shape index (κ3) is 4.36. The monoisotopic (exact) mass is 429 g/mol. The molecule has 0 bridgehead atoms. The van der Waals surface area contributed by atoms with Crippen LogP contribution in [0.25, 0.3) is 22.8 Å². The minimum atomic E-state index is 0.380. The Labute approximate surface area is 175 Å². The van der Waals surface area contributed by atoms with E-state index >= 15 is 0 Å². The number of hydrogen-bond acceptors (Lipinski definition) is 8. The number of ether oxygens (including phenoxy) is 2. The molecule has 10 heteroatoms. The number of halogens is 1. The number of aromatic nitrogens is 5. The van der Waals surface area contributed by atoms with Gasteiger partial charge in [-0.05, 0) is 24.3 Å². The second-order valence-electron chi connectivity index (χ2n) is 5.84. The predicted molar refractivity (Wildman–Crippen MR) is 109 cm³/mol. The first-order valence-electron chi connectivity index (χ1n) is 8.52. The van der Waals surface area contributed by atoms with E-state index in [9.17, 15) is 0 Å². The van der Waals surface area contributed by atoms with Crippen LogP contribution >= 0.6 is 23.4 Å². The molecule has 0 aliphatic rings. The van der Waals surface area contributed by atoms with Gasteiger partial charge in [0.2, 0.25) is 16.9 Å². The number of nitrogens with one attached hydrogen (secondary N) is 1. The molecule has 0 aliphatic heterocycles. The van der Waals surface area contributed by atoms with Crippen LogP contribution in [0.5, 0.6) is 11.5 Å². The molecule has 0 saturated heterocycles. The molecule has 0 spiro atoms. The Kier molecular flexibility index (Phi) is 5.68. The molecular formula is C19H16ClN5O3S. The van der Waals surface area contributed by atoms with Gasteiger partial charge in [-0.25, -0.2) is 4.98 Å². The Hall–Kier alpha value is -3.04. The molecule has 0 amide bonds. The van der Waals surface area contributed by atoms with E-state index in [0.29, 0.717) is 50.6 Å². The molecular weight excluding hydrogens is 414 g/mol. The van der Waals surface area contributed by atoms with Crippen LogP contribution in [0.2, 0.25) is 5.02 Å². The number of thioether (sulfide) groups is 1. The molecule has 2 aromatic carbocycles. The molecule has 0 fully saturated rings. The molecule has 2 heterocycles. The average Bonchev–Trinajstić information content (AvgIpc) is 3.42. The van der Waals surface area contributed by atoms with Crippen LogP contribution in [0.3, 0.4) is 0 Å². The summed E-state index contributed by atoms with van der Waals surface area (Å²) in [6, 6.07) is 12.8. The number of benzene rings is 2. The summed E-state index contributed by atoms with van der Waals surface area (Å²) in [6.07, 6.45) is 0. The van der Waals surface area contributed by atoms with Crippen molar-refractivity contribution in [3.63, 3.8) is 0 Å². The largest absolute Gasteiger partial charge is 0.497 e. The van der Waals surface area contributed by atoms with Crippen molar-refractivity contribution >= 4 is 23.4 Å². The van der Waals surface area contributed by atoms with Crippen molar-refractivity contribution in [3.8, 4) is 34.3 Å². The zero-order valence-corrected chi connectivity index (χ0v) is 17.1. The smallest absolute Gasteiger partial charge is 0.249 e. The summed E-state index contributed by atoms with van der Waals surface area (Å²) in [7, 11) is 3.20. The molecule has 8 nitrogen and oxygen atoms in total. The van der Waals surface area contributed by atoms with Gasteiger partial charge in [0.15, 0.2) is 5.82 Å². The van der Waals surface area contributed by atoms with Crippen molar-refractivity contribution in [1.29, 1.82) is 0 Å². The normalized spacial score (nSPS) is 10.9. The number of nitrogens with zero attached hydrogens (tertiary/aromatic N) is 4. The van der Waals surface area contributed by atoms with Gasteiger partial charge in [0.25, 0.3) is 0 Å². The fourth-order valence-corrected chi connectivity index (χ4v) is 3.42. The Morgan fingerprint density at radius 1 is 1.07 bits per heavy atom. The molecule has 0 atom stereocenters. The number of methoxy groups -OCH3 is 2. The van der Waals surface area contributed by atoms with E-state index in [4.69, 9.17) is 25.5 Å². The van der Waals surface area contributed by atoms with Gasteiger partial charge in [0, 0.05) is 11.6 Å². The molecule has 2 aromatic heterocycles. The lowest BCUT2D eigenvalue weighted by Gasteiger charge is -2.06. The standard InChI is InChI=1S/C19H16ClN5O3S/c1-26-12-7-11(8-13(9-12)27-2)17-21-19(25-23-17)29-10-16-22-24-18(28-16)14-5-3-4-6-15(14)20/h3-9H,10H2,1-2H3,(H,21,23,25). The maximum absolute atomic E-state index is 6.17. The highest BCUT2D eigenvalue weighted by Crippen LogP contribution is 2.30. The quantitative estimate of drug-likeness (QED) is 0.429. The third-order valence-corrected chi connectivity index (χ3v) is 5.15. The predicted octanol–water partition coefficient (Wildman–Crippen LogP) is 4.48. The summed E-state index contributed by atoms with van der Waals surface area (Å²) in [5.74, 6) is 3.21. The molecule has 29 heavy (non-hydrogen) atoms. The lowest BCUT2D eigenvalue weighted by Crippen LogP contribution is -1.89. The van der Waals surface area contributed by atoms with Gasteiger partial charge in [0.05, 0.1) is 30.6 Å². The van der Waals surface area contributed by atoms with Crippen LogP contribution in [-0.4, -0.2) is 39.6 Å². The first kappa shape index (κ1) is 19.3. The average molecular weight is 430 g/mol. The fraction of sp³-hybridized carbons (Fsp3) is 0.158. The second-order valence-corrected chi connectivity index (χ2v) is 7.19. The summed E-state index contributed by atoms with van der Waals surface area (Å²) in [5.41, 5.74) is 1.50. The minimum Gasteiger partial charge on any atom is -0.497 e. The molecule has 4 aromatic rings. The Morgan fingerprint density at radius 3 is 2.55 bits per heavy atom. The SMILES string of the molecule is COc1cc(OC)cc(-c2nc(SCc3nnc(-c4ccccc4Cl)o3)n[nH]2)c1. The van der Waals surface area contributed by atoms with Crippen molar-refractivity contribution < 1.29 is 13.9 Å². The van der Waals surface area contributed by atoms with E-state index in [-0.39, 0.29) is 0 Å². The number of hydrogen-bond donors (Lipinski definition) is 1. The van der Waals surface area contributed by atoms with E-state index in [1.54, 1.807) is 26.4 Å². The molecule has 0 unspecified atom stereocenters. The second kappa shape index (κ2) is 8.54. The van der Waals surface area contributed by atoms with Crippen LogP contribution in [0.15, 0.2) is 52.0 Å². The lowest BCUT2D eigenvalue weighted by molar-refractivity contribution is 0.394. The van der Waals surface area contributed by atoms with E-state index < -0.39 is 0 Å². The van der Waals surface area contributed by atoms with Crippen molar-refractivity contribution in [1.82, 2.24) is 25.4 Å². The van der Waals surface area contributed by atoms with Crippen LogP contribution < -0.4 is 9.47 Å². The highest BCUT2D eigenvalue weighted by molar-refractivity contribution is 7.98. The van der Waals surface area contributed by atoms with E-state index in [1.165, 1.54) is 11.8 Å². The topological polar surface area (TPSA) is 99.0 Å². The number of rotatable bonds is 7. The molecule has 4 rings (SSSR count). The molecule has 0 aliphatic carbocycles. The Morgan fingerprint density at radius 2 is 1.83 bits per heavy atom. The summed E-state index contributed by atoms with van der Waals surface area (Å²) in [4.78, 5) is 4.50. The van der Waals surface area contributed by atoms with Crippen molar-refractivity contribution in [2.45, 2.75) is 10.9 Å². The maximum Gasteiger partial charge on any atom is 0.249 e. The first-order chi connectivity index (χ1) is 14.2. The van der Waals surface area contributed by atoms with Crippen LogP contribution in [-0.2, 0) is 5.75 Å². The van der Waals surface area contributed by atoms with Gasteiger partial charge in [-0.2, -0.15) is 0 Å². The zero-order chi connectivity index (χ0) is 20.2. The van der Waals surface area contributed by atoms with Crippen molar-refractivity contribution in [2.24, 2.45) is 0 Å². The minimum absolute atomic E-state index is 0.380. The molecule has 0 radical (unpaired) electrons. The van der Waals surface area contributed by atoms with Gasteiger partial charge in [-0.1, -0.05) is 35.5 Å². The lowest BCUT2D eigenvalue weighted by atomic mass is 10.2. The third-order valence-electron chi connectivity index (χ3n) is 3.99. The highest BCUT2D eigenvalue weighted by atomic mass is 35.5.